The van der Waals surface area contributed by atoms with Crippen molar-refractivity contribution in [2.24, 2.45) is 50.2 Å². The maximum Gasteiger partial charge on any atom is 0.312 e. The fraction of sp³-hybridized carbons (Fsp3) is 0.568. The molecule has 576 valence electrons. The zero-order valence-electron chi connectivity index (χ0n) is 69.2. The highest BCUT2D eigenvalue weighted by Gasteiger charge is 2.54. The van der Waals surface area contributed by atoms with E-state index in [0.29, 0.717) is 11.8 Å². The molecule has 105 heavy (non-hydrogen) atoms. The van der Waals surface area contributed by atoms with Crippen LogP contribution < -0.4 is 0 Å². The molecule has 0 spiro atoms. The molecule has 0 heterocycles. The van der Waals surface area contributed by atoms with E-state index in [1.54, 1.807) is 0 Å². The first kappa shape index (κ1) is 88.3. The number of carbonyl (C=O) groups excluding carboxylic acids is 5. The molecule has 4 aliphatic rings. The van der Waals surface area contributed by atoms with Gasteiger partial charge in [0.1, 0.15) is 16.8 Å². The van der Waals surface area contributed by atoms with Crippen molar-refractivity contribution in [2.45, 2.75) is 296 Å². The predicted molar refractivity (Wildman–Crippen MR) is 431 cm³/mol. The van der Waals surface area contributed by atoms with E-state index in [1.165, 1.54) is 38.5 Å². The second-order valence-electron chi connectivity index (χ2n) is 34.2. The van der Waals surface area contributed by atoms with Gasteiger partial charge in [0.25, 0.3) is 0 Å². The Morgan fingerprint density at radius 1 is 0.295 bits per heavy atom. The molecule has 0 atom stereocenters. The summed E-state index contributed by atoms with van der Waals surface area (Å²) < 4.78 is 30.1. The normalized spacial score (nSPS) is 17.4. The molecule has 0 N–H and O–H groups in total. The Hall–Kier alpha value is -7.33. The number of ether oxygens (including phenoxy) is 5. The van der Waals surface area contributed by atoms with Gasteiger partial charge in [-0.1, -0.05) is 251 Å². The van der Waals surface area contributed by atoms with Crippen molar-refractivity contribution < 1.29 is 47.7 Å². The molecule has 0 aliphatic heterocycles. The van der Waals surface area contributed by atoms with Gasteiger partial charge in [-0.3, -0.25) is 24.0 Å². The van der Waals surface area contributed by atoms with E-state index < -0.39 is 44.1 Å². The summed E-state index contributed by atoms with van der Waals surface area (Å²) in [6, 6.07) is 59.7. The number of hydrogen-bond acceptors (Lipinski definition) is 10. The monoisotopic (exact) mass is 1440 g/mol. The lowest BCUT2D eigenvalue weighted by atomic mass is 9.47. The van der Waals surface area contributed by atoms with Gasteiger partial charge in [-0.15, -0.1) is 0 Å². The van der Waals surface area contributed by atoms with Crippen LogP contribution in [0.2, 0.25) is 0 Å². The summed E-state index contributed by atoms with van der Waals surface area (Å²) in [7, 11) is 0. The van der Waals surface area contributed by atoms with Crippen molar-refractivity contribution in [3.05, 3.63) is 215 Å². The molecule has 0 saturated heterocycles. The standard InChI is InChI=1S/C22H38O2.C21H26O2.C20H24O2.C17H26O2.C15H22O2/c1-6-20(4,5)19(23)24-22(7-2,8-3)15-21-12-16-9-17(13-21)11-18(10-16)14-21;1-5-20(3,4)19(22)23-21(6-2,17-13-9-7-10-14-17)18-15-11-8-12-16-18;1-5-19(2,3)18(21)22-20(4,16-12-8-6-9-13-16)17-14-10-7-11-15-17;1-6-16(4,5)15(18)19-17(7-2,8-3)14-12-10-9-11-13-14;1-6-14(2,3)13(16)17-15(4,5)12-10-8-7-9-11-12/h16-18H,6-15H2,1-5H3;7-16H,5-6H2,1-4H3;6-15H,5H2,1-4H3;9-13H,6-8H2,1-5H3;7-11H,6H2,1-5H3. The van der Waals surface area contributed by atoms with Gasteiger partial charge < -0.3 is 23.7 Å². The van der Waals surface area contributed by atoms with Gasteiger partial charge in [0.05, 0.1) is 27.1 Å². The van der Waals surface area contributed by atoms with Crippen molar-refractivity contribution in [1.29, 1.82) is 0 Å². The van der Waals surface area contributed by atoms with Gasteiger partial charge in [0.15, 0.2) is 11.2 Å². The van der Waals surface area contributed by atoms with Crippen LogP contribution in [0.4, 0.5) is 0 Å². The van der Waals surface area contributed by atoms with E-state index in [0.717, 1.165) is 115 Å². The Morgan fingerprint density at radius 3 is 0.857 bits per heavy atom. The number of esters is 5. The molecule has 4 saturated carbocycles. The fourth-order valence-corrected chi connectivity index (χ4v) is 14.7. The molecule has 10 heteroatoms. The van der Waals surface area contributed by atoms with Crippen LogP contribution in [0, 0.1) is 50.2 Å². The van der Waals surface area contributed by atoms with Crippen molar-refractivity contribution in [3.8, 4) is 0 Å². The Bertz CT molecular complexity index is 3480. The van der Waals surface area contributed by atoms with E-state index in [9.17, 15) is 24.0 Å². The fourth-order valence-electron chi connectivity index (χ4n) is 14.7. The minimum absolute atomic E-state index is 0.0124. The SMILES string of the molecule is CCC(C)(C)C(=O)OC(C)(C)c1ccccc1.CCC(C)(C)C(=O)OC(C)(c1ccccc1)c1ccccc1.CCC(C)(C)C(=O)OC(CC)(CC)c1ccccc1.CCC(C)(C)C(=O)OC(CC)(c1ccccc1)c1ccccc1.CCC(CC)(CC12CC3CC(CC(C3)C1)C2)OC(=O)C(C)(C)CC. The lowest BCUT2D eigenvalue weighted by molar-refractivity contribution is -0.181. The summed E-state index contributed by atoms with van der Waals surface area (Å²) >= 11 is 0. The van der Waals surface area contributed by atoms with Gasteiger partial charge >= 0.3 is 29.8 Å². The lowest BCUT2D eigenvalue weighted by Gasteiger charge is -2.59. The summed E-state index contributed by atoms with van der Waals surface area (Å²) in [5, 5.41) is 0. The van der Waals surface area contributed by atoms with Crippen LogP contribution >= 0.6 is 0 Å². The highest BCUT2D eigenvalue weighted by molar-refractivity contribution is 5.79. The second-order valence-corrected chi connectivity index (χ2v) is 34.2. The molecule has 0 unspecified atom stereocenters. The van der Waals surface area contributed by atoms with Crippen molar-refractivity contribution >= 4 is 29.8 Å². The highest BCUT2D eigenvalue weighted by atomic mass is 16.6. The van der Waals surface area contributed by atoms with Crippen LogP contribution in [-0.4, -0.2) is 35.4 Å². The zero-order chi connectivity index (χ0) is 78.4. The molecule has 4 aliphatic carbocycles. The molecule has 10 rings (SSSR count). The molecule has 0 aromatic heterocycles. The third kappa shape index (κ3) is 22.9. The van der Waals surface area contributed by atoms with Crippen LogP contribution in [0.3, 0.4) is 0 Å². The van der Waals surface area contributed by atoms with Crippen LogP contribution in [0.5, 0.6) is 0 Å². The molecule has 4 fully saturated rings. The topological polar surface area (TPSA) is 132 Å². The molecular weight excluding hydrogens is 1300 g/mol. The summed E-state index contributed by atoms with van der Waals surface area (Å²) in [4.78, 5) is 62.7. The molecule has 0 amide bonds. The van der Waals surface area contributed by atoms with Crippen molar-refractivity contribution in [3.63, 3.8) is 0 Å². The third-order valence-electron chi connectivity index (χ3n) is 24.4. The van der Waals surface area contributed by atoms with Gasteiger partial charge in [-0.2, -0.15) is 0 Å². The molecule has 6 aromatic carbocycles. The first-order chi connectivity index (χ1) is 49.3. The summed E-state index contributed by atoms with van der Waals surface area (Å²) in [5.41, 5.74) is 1.48. The van der Waals surface area contributed by atoms with Crippen molar-refractivity contribution in [1.82, 2.24) is 0 Å². The minimum Gasteiger partial charge on any atom is -0.459 e. The number of rotatable bonds is 28. The van der Waals surface area contributed by atoms with Gasteiger partial charge in [-0.25, -0.2) is 0 Å². The van der Waals surface area contributed by atoms with E-state index in [2.05, 4.69) is 41.5 Å². The summed E-state index contributed by atoms with van der Waals surface area (Å²) in [6.07, 6.45) is 17.8. The summed E-state index contributed by atoms with van der Waals surface area (Å²) in [5.74, 6) is 2.32. The van der Waals surface area contributed by atoms with Gasteiger partial charge in [0, 0.05) is 11.1 Å². The van der Waals surface area contributed by atoms with E-state index in [4.69, 9.17) is 23.7 Å². The highest BCUT2D eigenvalue weighted by Crippen LogP contribution is 2.63. The molecule has 0 radical (unpaired) electrons. The largest absolute Gasteiger partial charge is 0.459 e. The number of carbonyl (C=O) groups is 5. The average Bonchev–Trinajstić information content (AvgIpc) is 0.744. The van der Waals surface area contributed by atoms with E-state index in [-0.39, 0.29) is 40.9 Å². The first-order valence-corrected chi connectivity index (χ1v) is 39.8. The molecule has 6 aromatic rings. The van der Waals surface area contributed by atoms with Gasteiger partial charge in [0.2, 0.25) is 0 Å². The van der Waals surface area contributed by atoms with E-state index >= 15 is 0 Å². The minimum atomic E-state index is -0.786. The maximum absolute atomic E-state index is 12.8. The van der Waals surface area contributed by atoms with Gasteiger partial charge in [-0.05, 0) is 245 Å². The smallest absolute Gasteiger partial charge is 0.312 e. The maximum atomic E-state index is 12.8. The molecular formula is C95H136O10. The average molecular weight is 1440 g/mol. The number of hydrogen-bond donors (Lipinski definition) is 0. The Balaban J connectivity index is 0.000000237. The van der Waals surface area contributed by atoms with Crippen LogP contribution in [0.1, 0.15) is 302 Å². The quantitative estimate of drug-likeness (QED) is 0.0345. The molecule has 4 bridgehead atoms. The number of benzene rings is 6. The Labute approximate surface area is 636 Å². The van der Waals surface area contributed by atoms with Crippen LogP contribution in [0.25, 0.3) is 0 Å². The first-order valence-electron chi connectivity index (χ1n) is 39.8. The Morgan fingerprint density at radius 2 is 0.562 bits per heavy atom. The predicted octanol–water partition coefficient (Wildman–Crippen LogP) is 25.0. The second kappa shape index (κ2) is 38.0. The zero-order valence-corrected chi connectivity index (χ0v) is 69.2. The Kier molecular flexibility index (Phi) is 31.9. The molecule has 10 nitrogen and oxygen atoms in total. The third-order valence-corrected chi connectivity index (χ3v) is 24.4. The van der Waals surface area contributed by atoms with Crippen molar-refractivity contribution in [2.75, 3.05) is 0 Å². The lowest BCUT2D eigenvalue weighted by Crippen LogP contribution is -2.51. The van der Waals surface area contributed by atoms with E-state index in [1.807, 2.05) is 300 Å². The van der Waals surface area contributed by atoms with Crippen LogP contribution in [-0.2, 0) is 70.1 Å². The summed E-state index contributed by atoms with van der Waals surface area (Å²) in [6.45, 7) is 46.0. The van der Waals surface area contributed by atoms with Crippen LogP contribution in [0.15, 0.2) is 182 Å².